The summed E-state index contributed by atoms with van der Waals surface area (Å²) < 4.78 is 0. The second-order valence-electron chi connectivity index (χ2n) is 2.87. The van der Waals surface area contributed by atoms with Crippen LogP contribution in [0.2, 0.25) is 0 Å². The molecule has 0 nitrogen and oxygen atoms in total. The fourth-order valence-electron chi connectivity index (χ4n) is 1.08. The molecule has 0 aliphatic carbocycles. The Hall–Kier alpha value is -0.690. The van der Waals surface area contributed by atoms with E-state index in [9.17, 15) is 0 Å². The van der Waals surface area contributed by atoms with E-state index in [1.54, 1.807) is 0 Å². The Bertz CT molecular complexity index is 249. The van der Waals surface area contributed by atoms with E-state index >= 15 is 0 Å². The molecule has 12 heavy (non-hydrogen) atoms. The average Bonchev–Trinajstić information content (AvgIpc) is 2.06. The van der Waals surface area contributed by atoms with Crippen molar-refractivity contribution >= 4 is 18.7 Å². The van der Waals surface area contributed by atoms with Crippen LogP contribution in [0, 0.1) is 0 Å². The van der Waals surface area contributed by atoms with Gasteiger partial charge in [0.2, 0.25) is 0 Å². The molecule has 0 spiro atoms. The average molecular weight is 178 g/mol. The summed E-state index contributed by atoms with van der Waals surface area (Å²) in [7, 11) is 0. The van der Waals surface area contributed by atoms with Crippen LogP contribution in [0.25, 0.3) is 6.08 Å². The first-order chi connectivity index (χ1) is 5.83. The minimum atomic E-state index is 0.926. The van der Waals surface area contributed by atoms with Crippen LogP contribution >= 0.6 is 12.6 Å². The number of benzene rings is 1. The van der Waals surface area contributed by atoms with Gasteiger partial charge in [-0.2, -0.15) is 12.6 Å². The smallest absolute Gasteiger partial charge is 0.00606 e. The van der Waals surface area contributed by atoms with Crippen molar-refractivity contribution in [1.29, 1.82) is 0 Å². The van der Waals surface area contributed by atoms with Crippen molar-refractivity contribution in [1.82, 2.24) is 0 Å². The molecule has 0 saturated heterocycles. The molecule has 0 N–H and O–H groups in total. The Morgan fingerprint density at radius 2 is 2.00 bits per heavy atom. The molecule has 0 atom stereocenters. The third kappa shape index (κ3) is 3.14. The molecule has 0 radical (unpaired) electrons. The molecule has 0 amide bonds. The lowest BCUT2D eigenvalue weighted by molar-refractivity contribution is 1.13. The van der Waals surface area contributed by atoms with Crippen LogP contribution in [0.5, 0.6) is 0 Å². The summed E-state index contributed by atoms with van der Waals surface area (Å²) in [6, 6.07) is 10.4. The molecule has 1 heteroatoms. The highest BCUT2D eigenvalue weighted by Crippen LogP contribution is 2.08. The topological polar surface area (TPSA) is 0 Å². The highest BCUT2D eigenvalue weighted by atomic mass is 32.1. The van der Waals surface area contributed by atoms with Crippen molar-refractivity contribution in [3.8, 4) is 0 Å². The lowest BCUT2D eigenvalue weighted by Gasteiger charge is -1.97. The van der Waals surface area contributed by atoms with Gasteiger partial charge in [0.1, 0.15) is 0 Å². The Kier molecular flexibility index (Phi) is 3.95. The molecule has 0 aromatic heterocycles. The van der Waals surface area contributed by atoms with Gasteiger partial charge in [0.05, 0.1) is 0 Å². The third-order valence-electron chi connectivity index (χ3n) is 1.72. The first kappa shape index (κ1) is 9.40. The first-order valence-corrected chi connectivity index (χ1v) is 4.79. The van der Waals surface area contributed by atoms with E-state index in [1.165, 1.54) is 11.1 Å². The molecular formula is C11H14S. The fourth-order valence-corrected chi connectivity index (χ4v) is 1.44. The van der Waals surface area contributed by atoms with Gasteiger partial charge in [-0.15, -0.1) is 0 Å². The summed E-state index contributed by atoms with van der Waals surface area (Å²) in [5, 5.41) is 0. The summed E-state index contributed by atoms with van der Waals surface area (Å²) in [4.78, 5) is 0. The van der Waals surface area contributed by atoms with Gasteiger partial charge in [-0.1, -0.05) is 42.0 Å². The maximum atomic E-state index is 4.19. The summed E-state index contributed by atoms with van der Waals surface area (Å²) in [6.45, 7) is 2.14. The Morgan fingerprint density at radius 3 is 2.58 bits per heavy atom. The standard InChI is InChI=1S/C11H14S/c1-10(7-8-12)9-11-5-3-2-4-6-11/h2-6,9,12H,7-8H2,1H3/b10-9+. The maximum absolute atomic E-state index is 4.19. The van der Waals surface area contributed by atoms with Gasteiger partial charge in [0.25, 0.3) is 0 Å². The fraction of sp³-hybridized carbons (Fsp3) is 0.273. The zero-order valence-corrected chi connectivity index (χ0v) is 8.22. The lowest BCUT2D eigenvalue weighted by Crippen LogP contribution is -1.78. The van der Waals surface area contributed by atoms with Crippen molar-refractivity contribution in [2.45, 2.75) is 13.3 Å². The Labute approximate surface area is 79.7 Å². The van der Waals surface area contributed by atoms with Crippen LogP contribution in [0.15, 0.2) is 35.9 Å². The van der Waals surface area contributed by atoms with Crippen molar-refractivity contribution in [3.63, 3.8) is 0 Å². The van der Waals surface area contributed by atoms with Crippen molar-refractivity contribution < 1.29 is 0 Å². The summed E-state index contributed by atoms with van der Waals surface area (Å²) in [5.41, 5.74) is 2.66. The SMILES string of the molecule is C/C(=C\c1ccccc1)CCS. The number of hydrogen-bond donors (Lipinski definition) is 1. The minimum Gasteiger partial charge on any atom is -0.179 e. The predicted octanol–water partition coefficient (Wildman–Crippen LogP) is 3.41. The van der Waals surface area contributed by atoms with E-state index in [0.717, 1.165) is 12.2 Å². The van der Waals surface area contributed by atoms with Gasteiger partial charge in [-0.25, -0.2) is 0 Å². The molecule has 1 aromatic rings. The number of thiol groups is 1. The van der Waals surface area contributed by atoms with Gasteiger partial charge in [-0.3, -0.25) is 0 Å². The highest BCUT2D eigenvalue weighted by molar-refractivity contribution is 7.80. The minimum absolute atomic E-state index is 0.926. The maximum Gasteiger partial charge on any atom is -0.00606 e. The van der Waals surface area contributed by atoms with Gasteiger partial charge in [0, 0.05) is 0 Å². The van der Waals surface area contributed by atoms with Gasteiger partial charge in [-0.05, 0) is 24.7 Å². The largest absolute Gasteiger partial charge is 0.179 e. The molecule has 0 fully saturated rings. The van der Waals surface area contributed by atoms with Crippen LogP contribution in [0.1, 0.15) is 18.9 Å². The first-order valence-electron chi connectivity index (χ1n) is 4.16. The second-order valence-corrected chi connectivity index (χ2v) is 3.32. The van der Waals surface area contributed by atoms with Gasteiger partial charge in [0.15, 0.2) is 0 Å². The zero-order chi connectivity index (χ0) is 8.81. The molecule has 0 saturated carbocycles. The number of rotatable bonds is 3. The van der Waals surface area contributed by atoms with Crippen LogP contribution in [-0.2, 0) is 0 Å². The van der Waals surface area contributed by atoms with Crippen molar-refractivity contribution in [2.75, 3.05) is 5.75 Å². The van der Waals surface area contributed by atoms with E-state index in [0.29, 0.717) is 0 Å². The highest BCUT2D eigenvalue weighted by Gasteiger charge is 1.88. The Balaban J connectivity index is 2.67. The molecule has 0 aliphatic rings. The molecule has 0 unspecified atom stereocenters. The van der Waals surface area contributed by atoms with Crippen LogP contribution in [-0.4, -0.2) is 5.75 Å². The van der Waals surface area contributed by atoms with Gasteiger partial charge >= 0.3 is 0 Å². The molecule has 64 valence electrons. The van der Waals surface area contributed by atoms with Crippen LogP contribution in [0.4, 0.5) is 0 Å². The van der Waals surface area contributed by atoms with E-state index < -0.39 is 0 Å². The molecule has 1 aromatic carbocycles. The predicted molar refractivity (Wildman–Crippen MR) is 58.6 cm³/mol. The molecule has 0 bridgehead atoms. The lowest BCUT2D eigenvalue weighted by atomic mass is 10.1. The normalized spacial score (nSPS) is 11.7. The summed E-state index contributed by atoms with van der Waals surface area (Å²) in [6.07, 6.45) is 3.27. The van der Waals surface area contributed by atoms with E-state index in [4.69, 9.17) is 0 Å². The third-order valence-corrected chi connectivity index (χ3v) is 1.94. The zero-order valence-electron chi connectivity index (χ0n) is 7.33. The Morgan fingerprint density at radius 1 is 1.33 bits per heavy atom. The number of hydrogen-bond acceptors (Lipinski definition) is 1. The van der Waals surface area contributed by atoms with Crippen molar-refractivity contribution in [3.05, 3.63) is 41.5 Å². The summed E-state index contributed by atoms with van der Waals surface area (Å²) >= 11 is 4.19. The monoisotopic (exact) mass is 178 g/mol. The van der Waals surface area contributed by atoms with Gasteiger partial charge < -0.3 is 0 Å². The summed E-state index contributed by atoms with van der Waals surface area (Å²) in [5.74, 6) is 0.926. The molecule has 1 rings (SSSR count). The second kappa shape index (κ2) is 5.04. The molecule has 0 aliphatic heterocycles. The van der Waals surface area contributed by atoms with Crippen LogP contribution in [0.3, 0.4) is 0 Å². The van der Waals surface area contributed by atoms with E-state index in [2.05, 4.69) is 49.9 Å². The van der Waals surface area contributed by atoms with Crippen LogP contribution < -0.4 is 0 Å². The van der Waals surface area contributed by atoms with E-state index in [-0.39, 0.29) is 0 Å². The number of allylic oxidation sites excluding steroid dienone is 1. The van der Waals surface area contributed by atoms with E-state index in [1.807, 2.05) is 6.07 Å². The van der Waals surface area contributed by atoms with Crippen molar-refractivity contribution in [2.24, 2.45) is 0 Å². The quantitative estimate of drug-likeness (QED) is 0.674. The molecule has 0 heterocycles. The molecular weight excluding hydrogens is 164 g/mol.